The van der Waals surface area contributed by atoms with Crippen molar-refractivity contribution in [1.29, 1.82) is 0 Å². The van der Waals surface area contributed by atoms with E-state index in [1.807, 2.05) is 0 Å². The van der Waals surface area contributed by atoms with Crippen molar-refractivity contribution in [2.24, 2.45) is 0 Å². The van der Waals surface area contributed by atoms with Gasteiger partial charge in [-0.25, -0.2) is 9.97 Å². The number of ether oxygens (including phenoxy) is 1. The highest BCUT2D eigenvalue weighted by Gasteiger charge is 2.22. The zero-order valence-corrected chi connectivity index (χ0v) is 10.5. The molecule has 0 saturated carbocycles. The normalized spacial score (nSPS) is 21.1. The van der Waals surface area contributed by atoms with E-state index in [-0.39, 0.29) is 0 Å². The molecule has 1 aliphatic rings. The van der Waals surface area contributed by atoms with E-state index >= 15 is 0 Å². The smallest absolute Gasteiger partial charge is 0.204 e. The van der Waals surface area contributed by atoms with Crippen molar-refractivity contribution in [3.05, 3.63) is 6.33 Å². The fourth-order valence-corrected chi connectivity index (χ4v) is 2.37. The first-order valence-corrected chi connectivity index (χ1v) is 6.15. The van der Waals surface area contributed by atoms with E-state index in [2.05, 4.69) is 21.8 Å². The third-order valence-corrected chi connectivity index (χ3v) is 3.34. The summed E-state index contributed by atoms with van der Waals surface area (Å²) in [5, 5.41) is 0. The molecule has 1 atom stereocenters. The molecule has 17 heavy (non-hydrogen) atoms. The highest BCUT2D eigenvalue weighted by molar-refractivity contribution is 5.63. The molecule has 0 amide bonds. The van der Waals surface area contributed by atoms with E-state index in [0.717, 1.165) is 12.4 Å². The molecule has 0 spiro atoms. The summed E-state index contributed by atoms with van der Waals surface area (Å²) in [6.07, 6.45) is 6.44. The van der Waals surface area contributed by atoms with Crippen LogP contribution in [-0.4, -0.2) is 29.7 Å². The van der Waals surface area contributed by atoms with Crippen molar-refractivity contribution >= 4 is 11.6 Å². The predicted molar refractivity (Wildman–Crippen MR) is 68.3 cm³/mol. The van der Waals surface area contributed by atoms with Crippen LogP contribution >= 0.6 is 0 Å². The van der Waals surface area contributed by atoms with Crippen molar-refractivity contribution in [2.75, 3.05) is 24.3 Å². The largest absolute Gasteiger partial charge is 0.490 e. The van der Waals surface area contributed by atoms with Gasteiger partial charge in [-0.05, 0) is 19.8 Å². The van der Waals surface area contributed by atoms with Gasteiger partial charge in [-0.3, -0.25) is 0 Å². The molecular weight excluding hydrogens is 216 g/mol. The monoisotopic (exact) mass is 236 g/mol. The van der Waals surface area contributed by atoms with Gasteiger partial charge in [0.05, 0.1) is 7.11 Å². The van der Waals surface area contributed by atoms with Crippen LogP contribution in [-0.2, 0) is 0 Å². The summed E-state index contributed by atoms with van der Waals surface area (Å²) < 4.78 is 5.33. The molecule has 1 aromatic heterocycles. The number of aromatic nitrogens is 2. The Morgan fingerprint density at radius 2 is 2.18 bits per heavy atom. The number of nitrogens with two attached hydrogens (primary N) is 1. The molecule has 1 saturated heterocycles. The summed E-state index contributed by atoms with van der Waals surface area (Å²) >= 11 is 0. The molecule has 0 aromatic carbocycles. The molecule has 1 unspecified atom stereocenters. The minimum atomic E-state index is 0.411. The van der Waals surface area contributed by atoms with E-state index in [1.165, 1.54) is 32.0 Å². The zero-order valence-electron chi connectivity index (χ0n) is 10.5. The van der Waals surface area contributed by atoms with Crippen molar-refractivity contribution < 1.29 is 4.74 Å². The third-order valence-electron chi connectivity index (χ3n) is 3.34. The fraction of sp³-hybridized carbons (Fsp3) is 0.667. The van der Waals surface area contributed by atoms with Gasteiger partial charge in [0.2, 0.25) is 5.75 Å². The summed E-state index contributed by atoms with van der Waals surface area (Å²) in [4.78, 5) is 10.6. The van der Waals surface area contributed by atoms with Crippen LogP contribution in [0.2, 0.25) is 0 Å². The van der Waals surface area contributed by atoms with Crippen LogP contribution in [0.1, 0.15) is 32.6 Å². The van der Waals surface area contributed by atoms with E-state index < -0.39 is 0 Å². The average Bonchev–Trinajstić information content (AvgIpc) is 2.53. The number of nitrogens with zero attached hydrogens (tertiary/aromatic N) is 3. The Labute approximate surface area is 102 Å². The van der Waals surface area contributed by atoms with E-state index in [4.69, 9.17) is 10.5 Å². The Morgan fingerprint density at radius 1 is 1.35 bits per heavy atom. The van der Waals surface area contributed by atoms with Crippen molar-refractivity contribution in [3.63, 3.8) is 0 Å². The summed E-state index contributed by atoms with van der Waals surface area (Å²) in [5.41, 5.74) is 5.82. The maximum Gasteiger partial charge on any atom is 0.204 e. The fourth-order valence-electron chi connectivity index (χ4n) is 2.37. The highest BCUT2D eigenvalue weighted by atomic mass is 16.5. The van der Waals surface area contributed by atoms with Crippen LogP contribution in [0.15, 0.2) is 6.33 Å². The maximum absolute atomic E-state index is 5.82. The summed E-state index contributed by atoms with van der Waals surface area (Å²) in [6, 6.07) is 0.473. The minimum Gasteiger partial charge on any atom is -0.490 e. The van der Waals surface area contributed by atoms with Gasteiger partial charge in [-0.15, -0.1) is 0 Å². The molecule has 2 rings (SSSR count). The number of methoxy groups -OCH3 is 1. The van der Waals surface area contributed by atoms with Gasteiger partial charge in [0.1, 0.15) is 6.33 Å². The lowest BCUT2D eigenvalue weighted by Crippen LogP contribution is -2.33. The second-order valence-corrected chi connectivity index (χ2v) is 4.51. The molecule has 2 heterocycles. The predicted octanol–water partition coefficient (Wildman–Crippen LogP) is 1.84. The van der Waals surface area contributed by atoms with Crippen molar-refractivity contribution in [1.82, 2.24) is 9.97 Å². The molecule has 0 radical (unpaired) electrons. The van der Waals surface area contributed by atoms with Gasteiger partial charge >= 0.3 is 0 Å². The molecule has 1 aliphatic heterocycles. The van der Waals surface area contributed by atoms with E-state index in [9.17, 15) is 0 Å². The Kier molecular flexibility index (Phi) is 3.66. The summed E-state index contributed by atoms with van der Waals surface area (Å²) in [6.45, 7) is 3.23. The number of rotatable bonds is 2. The molecule has 0 aliphatic carbocycles. The Bertz CT molecular complexity index is 383. The number of hydrogen-bond acceptors (Lipinski definition) is 5. The van der Waals surface area contributed by atoms with Crippen LogP contribution in [0.4, 0.5) is 11.6 Å². The molecule has 94 valence electrons. The zero-order chi connectivity index (χ0) is 12.3. The molecule has 1 aromatic rings. The average molecular weight is 236 g/mol. The topological polar surface area (TPSA) is 64.3 Å². The van der Waals surface area contributed by atoms with Crippen LogP contribution in [0.25, 0.3) is 0 Å². The number of hydrogen-bond donors (Lipinski definition) is 1. The quantitative estimate of drug-likeness (QED) is 0.848. The van der Waals surface area contributed by atoms with Crippen LogP contribution in [0.3, 0.4) is 0 Å². The lowest BCUT2D eigenvalue weighted by molar-refractivity contribution is 0.411. The number of nitrogen functional groups attached to an aromatic ring is 1. The van der Waals surface area contributed by atoms with Gasteiger partial charge in [0, 0.05) is 12.6 Å². The third kappa shape index (κ3) is 2.43. The van der Waals surface area contributed by atoms with Gasteiger partial charge in [0.15, 0.2) is 11.6 Å². The van der Waals surface area contributed by atoms with Crippen LogP contribution in [0, 0.1) is 0 Å². The molecular formula is C12H20N4O. The molecule has 5 nitrogen and oxygen atoms in total. The maximum atomic E-state index is 5.82. The number of anilines is 2. The first kappa shape index (κ1) is 12.0. The van der Waals surface area contributed by atoms with E-state index in [1.54, 1.807) is 7.11 Å². The minimum absolute atomic E-state index is 0.411. The van der Waals surface area contributed by atoms with Crippen molar-refractivity contribution in [2.45, 2.75) is 38.6 Å². The molecule has 2 N–H and O–H groups in total. The summed E-state index contributed by atoms with van der Waals surface area (Å²) in [7, 11) is 1.61. The Balaban J connectivity index is 2.34. The van der Waals surface area contributed by atoms with Gasteiger partial charge in [0.25, 0.3) is 0 Å². The lowest BCUT2D eigenvalue weighted by atomic mass is 10.1. The second-order valence-electron chi connectivity index (χ2n) is 4.51. The first-order chi connectivity index (χ1) is 8.24. The highest BCUT2D eigenvalue weighted by Crippen LogP contribution is 2.33. The van der Waals surface area contributed by atoms with Gasteiger partial charge in [-0.1, -0.05) is 12.8 Å². The van der Waals surface area contributed by atoms with Crippen LogP contribution < -0.4 is 15.4 Å². The molecule has 1 fully saturated rings. The Hall–Kier alpha value is -1.52. The van der Waals surface area contributed by atoms with Gasteiger partial charge < -0.3 is 15.4 Å². The lowest BCUT2D eigenvalue weighted by Gasteiger charge is -2.29. The Morgan fingerprint density at radius 3 is 2.94 bits per heavy atom. The SMILES string of the molecule is COc1c(N)ncnc1N1CCCCCC1C. The van der Waals surface area contributed by atoms with Gasteiger partial charge in [-0.2, -0.15) is 0 Å². The van der Waals surface area contributed by atoms with E-state index in [0.29, 0.717) is 17.6 Å². The first-order valence-electron chi connectivity index (χ1n) is 6.15. The standard InChI is InChI=1S/C12H20N4O/c1-9-6-4-3-5-7-16(9)12-10(17-2)11(13)14-8-15-12/h8-9H,3-7H2,1-2H3,(H2,13,14,15). The van der Waals surface area contributed by atoms with Crippen LogP contribution in [0.5, 0.6) is 5.75 Å². The summed E-state index contributed by atoms with van der Waals surface area (Å²) in [5.74, 6) is 1.84. The molecule has 0 bridgehead atoms. The molecule has 5 heteroatoms. The second kappa shape index (κ2) is 5.21. The van der Waals surface area contributed by atoms with Crippen molar-refractivity contribution in [3.8, 4) is 5.75 Å².